The fraction of sp³-hybridized carbons (Fsp3) is 0.548. The normalized spacial score (nSPS) is 25.4. The van der Waals surface area contributed by atoms with Gasteiger partial charge in [-0.3, -0.25) is 4.90 Å². The van der Waals surface area contributed by atoms with Crippen molar-refractivity contribution in [2.24, 2.45) is 0 Å². The van der Waals surface area contributed by atoms with E-state index >= 15 is 0 Å². The monoisotopic (exact) mass is 560 g/mol. The molecular weight excluding hydrogens is 524 g/mol. The zero-order valence-electron chi connectivity index (χ0n) is 22.9. The number of phenols is 1. The van der Waals surface area contributed by atoms with Gasteiger partial charge in [0, 0.05) is 48.7 Å². The van der Waals surface area contributed by atoms with Gasteiger partial charge in [0.15, 0.2) is 0 Å². The molecule has 0 spiro atoms. The summed E-state index contributed by atoms with van der Waals surface area (Å²) in [4.78, 5) is 17.6. The van der Waals surface area contributed by atoms with E-state index < -0.39 is 0 Å². The number of aromatic nitrogens is 2. The minimum atomic E-state index is 0.150. The fourth-order valence-electron chi connectivity index (χ4n) is 8.14. The second-order valence-electron chi connectivity index (χ2n) is 12.5. The van der Waals surface area contributed by atoms with Crippen molar-refractivity contribution >= 4 is 33.9 Å². The first-order valence-corrected chi connectivity index (χ1v) is 15.4. The van der Waals surface area contributed by atoms with E-state index in [1.54, 1.807) is 6.07 Å². The van der Waals surface area contributed by atoms with Crippen LogP contribution in [0, 0.1) is 0 Å². The lowest BCUT2D eigenvalue weighted by molar-refractivity contribution is 0.107. The number of ether oxygens (including phenoxy) is 1. The van der Waals surface area contributed by atoms with Crippen LogP contribution in [0.3, 0.4) is 0 Å². The molecule has 0 unspecified atom stereocenters. The zero-order valence-corrected chi connectivity index (χ0v) is 23.7. The maximum atomic E-state index is 10.6. The molecule has 40 heavy (non-hydrogen) atoms. The van der Waals surface area contributed by atoms with Crippen molar-refractivity contribution in [1.29, 1.82) is 0 Å². The number of rotatable bonds is 5. The summed E-state index contributed by atoms with van der Waals surface area (Å²) in [5, 5.41) is 16.9. The minimum absolute atomic E-state index is 0.150. The number of aromatic hydroxyl groups is 1. The highest BCUT2D eigenvalue weighted by atomic mass is 35.5. The summed E-state index contributed by atoms with van der Waals surface area (Å²) in [7, 11) is 0. The van der Waals surface area contributed by atoms with Gasteiger partial charge in [-0.15, -0.1) is 0 Å². The predicted octanol–water partition coefficient (Wildman–Crippen LogP) is 4.50. The summed E-state index contributed by atoms with van der Waals surface area (Å²) in [5.74, 6) is 1.31. The Hall–Kier alpha value is -2.81. The second kappa shape index (κ2) is 9.64. The molecule has 4 fully saturated rings. The smallest absolute Gasteiger partial charge is 0.318 e. The number of anilines is 2. The highest BCUT2D eigenvalue weighted by molar-refractivity contribution is 6.36. The van der Waals surface area contributed by atoms with E-state index in [4.69, 9.17) is 26.3 Å². The van der Waals surface area contributed by atoms with E-state index in [1.807, 2.05) is 24.3 Å². The third kappa shape index (κ3) is 4.18. The summed E-state index contributed by atoms with van der Waals surface area (Å²) >= 11 is 6.70. The van der Waals surface area contributed by atoms with Crippen LogP contribution < -0.4 is 19.9 Å². The molecule has 5 aliphatic rings. The van der Waals surface area contributed by atoms with Crippen LogP contribution >= 0.6 is 11.6 Å². The van der Waals surface area contributed by atoms with Crippen LogP contribution in [0.15, 0.2) is 30.3 Å². The minimum Gasteiger partial charge on any atom is -0.508 e. The van der Waals surface area contributed by atoms with E-state index in [1.165, 1.54) is 57.2 Å². The van der Waals surface area contributed by atoms with E-state index in [-0.39, 0.29) is 11.3 Å². The number of benzene rings is 2. The molecule has 9 heteroatoms. The number of fused-ring (bicyclic) bond motifs is 5. The van der Waals surface area contributed by atoms with Crippen molar-refractivity contribution in [3.8, 4) is 11.8 Å². The van der Waals surface area contributed by atoms with Gasteiger partial charge in [0.2, 0.25) is 0 Å². The molecule has 8 rings (SSSR count). The molecule has 210 valence electrons. The van der Waals surface area contributed by atoms with Gasteiger partial charge in [-0.05, 0) is 75.6 Å². The van der Waals surface area contributed by atoms with Gasteiger partial charge in [0.25, 0.3) is 0 Å². The first-order chi connectivity index (χ1) is 19.5. The van der Waals surface area contributed by atoms with Crippen molar-refractivity contribution in [1.82, 2.24) is 20.2 Å². The number of nitrogens with one attached hydrogen (secondary N) is 1. The summed E-state index contributed by atoms with van der Waals surface area (Å²) in [5.41, 5.74) is 3.35. The highest BCUT2D eigenvalue weighted by Gasteiger charge is 2.45. The summed E-state index contributed by atoms with van der Waals surface area (Å²) < 4.78 is 6.53. The SMILES string of the molecule is Oc1cc(N2CCc3c(nc(OCC45CCCN4CCC5)nc3N3C[C@H]4CC[C@@H](C3)N4)C2)c2c(Cl)cccc2c1. The summed E-state index contributed by atoms with van der Waals surface area (Å²) in [6, 6.07) is 11.0. The zero-order chi connectivity index (χ0) is 26.8. The van der Waals surface area contributed by atoms with Gasteiger partial charge >= 0.3 is 6.01 Å². The molecule has 0 amide bonds. The van der Waals surface area contributed by atoms with Crippen LogP contribution in [-0.4, -0.2) is 76.9 Å². The fourth-order valence-corrected chi connectivity index (χ4v) is 8.42. The molecule has 5 aliphatic heterocycles. The first kappa shape index (κ1) is 24.9. The maximum absolute atomic E-state index is 10.6. The van der Waals surface area contributed by atoms with Gasteiger partial charge in [-0.25, -0.2) is 0 Å². The summed E-state index contributed by atoms with van der Waals surface area (Å²) in [6.07, 6.45) is 8.20. The molecule has 6 heterocycles. The highest BCUT2D eigenvalue weighted by Crippen LogP contribution is 2.41. The van der Waals surface area contributed by atoms with Crippen LogP contribution in [0.1, 0.15) is 49.8 Å². The van der Waals surface area contributed by atoms with Crippen molar-refractivity contribution in [3.05, 3.63) is 46.6 Å². The van der Waals surface area contributed by atoms with Crippen LogP contribution in [0.4, 0.5) is 11.5 Å². The molecular formula is C31H37ClN6O2. The van der Waals surface area contributed by atoms with Crippen LogP contribution in [-0.2, 0) is 13.0 Å². The van der Waals surface area contributed by atoms with Crippen LogP contribution in [0.2, 0.25) is 5.02 Å². The molecule has 0 aliphatic carbocycles. The number of hydrogen-bond donors (Lipinski definition) is 2. The van der Waals surface area contributed by atoms with Crippen LogP contribution in [0.25, 0.3) is 10.8 Å². The lowest BCUT2D eigenvalue weighted by Gasteiger charge is -2.38. The maximum Gasteiger partial charge on any atom is 0.318 e. The number of hydrogen-bond acceptors (Lipinski definition) is 8. The molecule has 8 nitrogen and oxygen atoms in total. The van der Waals surface area contributed by atoms with E-state index in [9.17, 15) is 5.11 Å². The van der Waals surface area contributed by atoms with Gasteiger partial charge in [-0.1, -0.05) is 23.7 Å². The quantitative estimate of drug-likeness (QED) is 0.472. The van der Waals surface area contributed by atoms with Crippen molar-refractivity contribution in [3.63, 3.8) is 0 Å². The Morgan fingerprint density at radius 3 is 2.62 bits per heavy atom. The summed E-state index contributed by atoms with van der Waals surface area (Å²) in [6.45, 7) is 6.42. The Bertz CT molecular complexity index is 1440. The number of halogens is 1. The van der Waals surface area contributed by atoms with Gasteiger partial charge in [-0.2, -0.15) is 9.97 Å². The van der Waals surface area contributed by atoms with Gasteiger partial charge < -0.3 is 25.0 Å². The topological polar surface area (TPSA) is 77.0 Å². The van der Waals surface area contributed by atoms with E-state index in [0.29, 0.717) is 36.3 Å². The number of phenolic OH excluding ortho intramolecular Hbond substituents is 1. The first-order valence-electron chi connectivity index (χ1n) is 15.0. The average molecular weight is 561 g/mol. The Kier molecular flexibility index (Phi) is 6.01. The predicted molar refractivity (Wildman–Crippen MR) is 158 cm³/mol. The third-order valence-electron chi connectivity index (χ3n) is 10.1. The Labute approximate surface area is 240 Å². The third-order valence-corrected chi connectivity index (χ3v) is 10.4. The largest absolute Gasteiger partial charge is 0.508 e. The van der Waals surface area contributed by atoms with Crippen molar-refractivity contribution in [2.75, 3.05) is 49.1 Å². The molecule has 0 saturated carbocycles. The molecule has 2 atom stereocenters. The Balaban J connectivity index is 1.15. The molecule has 2 N–H and O–H groups in total. The average Bonchev–Trinajstić information content (AvgIpc) is 3.64. The van der Waals surface area contributed by atoms with Crippen molar-refractivity contribution < 1.29 is 9.84 Å². The second-order valence-corrected chi connectivity index (χ2v) is 12.9. The Morgan fingerprint density at radius 1 is 1.02 bits per heavy atom. The molecule has 4 saturated heterocycles. The molecule has 3 aromatic rings. The lowest BCUT2D eigenvalue weighted by atomic mass is 9.95. The van der Waals surface area contributed by atoms with Gasteiger partial charge in [0.05, 0.1) is 28.5 Å². The molecule has 1 aromatic heterocycles. The lowest BCUT2D eigenvalue weighted by Crippen LogP contribution is -2.52. The molecule has 2 bridgehead atoms. The number of nitrogens with zero attached hydrogens (tertiary/aromatic N) is 5. The Morgan fingerprint density at radius 2 is 1.82 bits per heavy atom. The van der Waals surface area contributed by atoms with Gasteiger partial charge in [0.1, 0.15) is 18.2 Å². The molecule has 2 aromatic carbocycles. The standard InChI is InChI=1S/C31H37ClN6O2/c32-25-5-1-4-20-14-23(39)15-27(28(20)25)36-13-8-24-26(18-36)34-30(40-19-31-9-2-11-38(31)12-3-10-31)35-29(24)37-16-21-6-7-22(17-37)33-21/h1,4-5,14-15,21-22,33,39H,2-3,6-13,16-19H2/t21-,22+. The van der Waals surface area contributed by atoms with Crippen molar-refractivity contribution in [2.45, 2.75) is 69.1 Å². The van der Waals surface area contributed by atoms with E-state index in [2.05, 4.69) is 20.0 Å². The van der Waals surface area contributed by atoms with E-state index in [0.717, 1.165) is 54.0 Å². The van der Waals surface area contributed by atoms with Crippen LogP contribution in [0.5, 0.6) is 11.8 Å². The molecule has 0 radical (unpaired) electrons. The number of piperazine rings is 1.